The van der Waals surface area contributed by atoms with E-state index < -0.39 is 6.10 Å². The Labute approximate surface area is 335 Å². The van der Waals surface area contributed by atoms with Crippen LogP contribution in [0.25, 0.3) is 0 Å². The van der Waals surface area contributed by atoms with Crippen molar-refractivity contribution in [1.82, 2.24) is 0 Å². The van der Waals surface area contributed by atoms with Crippen LogP contribution in [0.2, 0.25) is 0 Å². The molecule has 0 aromatic carbocycles. The van der Waals surface area contributed by atoms with Gasteiger partial charge in [-0.15, -0.1) is 0 Å². The molecule has 0 saturated heterocycles. The summed E-state index contributed by atoms with van der Waals surface area (Å²) in [6.07, 6.45) is 46.2. The Morgan fingerprint density at radius 2 is 0.611 bits per heavy atom. The minimum absolute atomic E-state index is 0.0683. The van der Waals surface area contributed by atoms with E-state index in [-0.39, 0.29) is 31.1 Å². The van der Waals surface area contributed by atoms with Crippen molar-refractivity contribution in [2.24, 2.45) is 0 Å². The number of allylic oxidation sites excluding steroid dienone is 2. The summed E-state index contributed by atoms with van der Waals surface area (Å²) in [5, 5.41) is 0. The molecule has 0 aliphatic heterocycles. The van der Waals surface area contributed by atoms with Gasteiger partial charge in [0.15, 0.2) is 6.10 Å². The maximum Gasteiger partial charge on any atom is 0.306 e. The third-order valence-corrected chi connectivity index (χ3v) is 10.5. The highest BCUT2D eigenvalue weighted by Crippen LogP contribution is 2.15. The van der Waals surface area contributed by atoms with E-state index in [2.05, 4.69) is 32.9 Å². The molecule has 0 bridgehead atoms. The summed E-state index contributed by atoms with van der Waals surface area (Å²) in [7, 11) is 0. The topological polar surface area (TPSA) is 78.9 Å². The number of ether oxygens (including phenoxy) is 3. The molecule has 0 radical (unpaired) electrons. The molecular formula is C48H90O6. The molecule has 6 nitrogen and oxygen atoms in total. The van der Waals surface area contributed by atoms with E-state index in [9.17, 15) is 14.4 Å². The van der Waals surface area contributed by atoms with Gasteiger partial charge in [-0.1, -0.05) is 206 Å². The molecule has 0 aromatic heterocycles. The lowest BCUT2D eigenvalue weighted by Gasteiger charge is -2.18. The summed E-state index contributed by atoms with van der Waals surface area (Å²) in [5.41, 5.74) is 0. The fourth-order valence-corrected chi connectivity index (χ4v) is 6.91. The molecule has 0 fully saturated rings. The van der Waals surface area contributed by atoms with Gasteiger partial charge >= 0.3 is 17.9 Å². The Morgan fingerprint density at radius 1 is 0.352 bits per heavy atom. The highest BCUT2D eigenvalue weighted by atomic mass is 16.6. The monoisotopic (exact) mass is 763 g/mol. The molecule has 0 rings (SSSR count). The normalized spacial score (nSPS) is 12.0. The first kappa shape index (κ1) is 52.2. The summed E-state index contributed by atoms with van der Waals surface area (Å²) < 4.78 is 16.7. The van der Waals surface area contributed by atoms with Gasteiger partial charge in [0.05, 0.1) is 0 Å². The minimum atomic E-state index is -0.764. The highest BCUT2D eigenvalue weighted by molar-refractivity contribution is 5.71. The van der Waals surface area contributed by atoms with Crippen molar-refractivity contribution in [3.63, 3.8) is 0 Å². The van der Waals surface area contributed by atoms with Crippen LogP contribution in [0, 0.1) is 0 Å². The maximum atomic E-state index is 12.7. The molecule has 0 aliphatic carbocycles. The highest BCUT2D eigenvalue weighted by Gasteiger charge is 2.19. The second-order valence-corrected chi connectivity index (χ2v) is 16.0. The number of hydrogen-bond donors (Lipinski definition) is 0. The van der Waals surface area contributed by atoms with Crippen molar-refractivity contribution in [1.29, 1.82) is 0 Å². The molecule has 1 unspecified atom stereocenters. The zero-order valence-corrected chi connectivity index (χ0v) is 36.3. The summed E-state index contributed by atoms with van der Waals surface area (Å²) in [6.45, 7) is 6.62. The van der Waals surface area contributed by atoms with Crippen LogP contribution in [0.15, 0.2) is 12.2 Å². The lowest BCUT2D eigenvalue weighted by molar-refractivity contribution is -0.167. The van der Waals surface area contributed by atoms with Crippen molar-refractivity contribution in [2.45, 2.75) is 264 Å². The van der Waals surface area contributed by atoms with Crippen LogP contribution in [0.1, 0.15) is 258 Å². The number of rotatable bonds is 43. The molecule has 0 amide bonds. The van der Waals surface area contributed by atoms with Gasteiger partial charge in [-0.2, -0.15) is 0 Å². The smallest absolute Gasteiger partial charge is 0.306 e. The van der Waals surface area contributed by atoms with Gasteiger partial charge in [0.1, 0.15) is 13.2 Å². The average molecular weight is 763 g/mol. The molecule has 0 saturated carbocycles. The second kappa shape index (κ2) is 43.9. The number of hydrogen-bond acceptors (Lipinski definition) is 6. The van der Waals surface area contributed by atoms with Crippen LogP contribution in [0.5, 0.6) is 0 Å². The summed E-state index contributed by atoms with van der Waals surface area (Å²) in [5.74, 6) is -0.870. The van der Waals surface area contributed by atoms with Crippen molar-refractivity contribution in [2.75, 3.05) is 13.2 Å². The minimum Gasteiger partial charge on any atom is -0.462 e. The van der Waals surface area contributed by atoms with E-state index in [1.54, 1.807) is 0 Å². The Hall–Kier alpha value is -1.85. The van der Waals surface area contributed by atoms with E-state index in [1.165, 1.54) is 154 Å². The van der Waals surface area contributed by atoms with E-state index in [1.807, 2.05) is 0 Å². The first-order valence-electron chi connectivity index (χ1n) is 23.7. The zero-order valence-electron chi connectivity index (χ0n) is 36.3. The van der Waals surface area contributed by atoms with Gasteiger partial charge in [0.2, 0.25) is 0 Å². The SMILES string of the molecule is CCCCCCCCC/C=C\CCCCCCCC(=O)OCC(COC(=O)CCCCCCCCCCCC)OC(=O)CCCCCCCCCCCC. The molecule has 0 aromatic rings. The van der Waals surface area contributed by atoms with Crippen molar-refractivity contribution in [3.8, 4) is 0 Å². The fraction of sp³-hybridized carbons (Fsp3) is 0.896. The molecule has 0 heterocycles. The summed E-state index contributed by atoms with van der Waals surface area (Å²) >= 11 is 0. The zero-order chi connectivity index (χ0) is 39.4. The number of esters is 3. The fourth-order valence-electron chi connectivity index (χ4n) is 6.91. The number of unbranched alkanes of at least 4 members (excludes halogenated alkanes) is 30. The third-order valence-electron chi connectivity index (χ3n) is 10.5. The Morgan fingerprint density at radius 3 is 0.926 bits per heavy atom. The quantitative estimate of drug-likeness (QED) is 0.0266. The summed E-state index contributed by atoms with van der Waals surface area (Å²) in [6, 6.07) is 0. The van der Waals surface area contributed by atoms with Crippen molar-refractivity contribution < 1.29 is 28.6 Å². The lowest BCUT2D eigenvalue weighted by atomic mass is 10.1. The molecule has 1 atom stereocenters. The lowest BCUT2D eigenvalue weighted by Crippen LogP contribution is -2.30. The first-order valence-corrected chi connectivity index (χ1v) is 23.7. The van der Waals surface area contributed by atoms with E-state index >= 15 is 0 Å². The molecule has 54 heavy (non-hydrogen) atoms. The van der Waals surface area contributed by atoms with Gasteiger partial charge in [-0.05, 0) is 44.9 Å². The van der Waals surface area contributed by atoms with E-state index in [4.69, 9.17) is 14.2 Å². The van der Waals surface area contributed by atoms with Crippen LogP contribution in [0.4, 0.5) is 0 Å². The number of carbonyl (C=O) groups excluding carboxylic acids is 3. The predicted molar refractivity (Wildman–Crippen MR) is 229 cm³/mol. The van der Waals surface area contributed by atoms with E-state index in [0.29, 0.717) is 19.3 Å². The molecule has 0 spiro atoms. The first-order chi connectivity index (χ1) is 26.5. The molecule has 0 N–H and O–H groups in total. The molecule has 0 aliphatic rings. The van der Waals surface area contributed by atoms with Crippen LogP contribution in [-0.2, 0) is 28.6 Å². The molecular weight excluding hydrogens is 673 g/mol. The van der Waals surface area contributed by atoms with Crippen molar-refractivity contribution in [3.05, 3.63) is 12.2 Å². The van der Waals surface area contributed by atoms with Gasteiger partial charge in [-0.3, -0.25) is 14.4 Å². The largest absolute Gasteiger partial charge is 0.462 e. The second-order valence-electron chi connectivity index (χ2n) is 16.0. The van der Waals surface area contributed by atoms with Crippen LogP contribution in [-0.4, -0.2) is 37.2 Å². The molecule has 6 heteroatoms. The Kier molecular flexibility index (Phi) is 42.4. The van der Waals surface area contributed by atoms with E-state index in [0.717, 1.165) is 64.2 Å². The van der Waals surface area contributed by atoms with Crippen LogP contribution in [0.3, 0.4) is 0 Å². The third kappa shape index (κ3) is 41.3. The standard InChI is InChI=1S/C48H90O6/c1-4-7-10-13-16-19-22-23-24-25-26-27-30-32-35-38-41-47(50)53-44-45(54-48(51)42-39-36-33-29-21-18-15-12-9-6-3)43-52-46(49)40-37-34-31-28-20-17-14-11-8-5-2/h24-25,45H,4-23,26-44H2,1-3H3/b25-24-. The van der Waals surface area contributed by atoms with Gasteiger partial charge in [-0.25, -0.2) is 0 Å². The number of carbonyl (C=O) groups is 3. The van der Waals surface area contributed by atoms with Gasteiger partial charge in [0.25, 0.3) is 0 Å². The van der Waals surface area contributed by atoms with Gasteiger partial charge < -0.3 is 14.2 Å². The summed E-state index contributed by atoms with van der Waals surface area (Å²) in [4.78, 5) is 37.7. The average Bonchev–Trinajstić information content (AvgIpc) is 3.17. The van der Waals surface area contributed by atoms with Crippen LogP contribution >= 0.6 is 0 Å². The molecule has 318 valence electrons. The maximum absolute atomic E-state index is 12.7. The van der Waals surface area contributed by atoms with Crippen molar-refractivity contribution >= 4 is 17.9 Å². The van der Waals surface area contributed by atoms with Crippen LogP contribution < -0.4 is 0 Å². The Bertz CT molecular complexity index is 839. The predicted octanol–water partition coefficient (Wildman–Crippen LogP) is 15.0. The van der Waals surface area contributed by atoms with Gasteiger partial charge in [0, 0.05) is 19.3 Å². The Balaban J connectivity index is 4.30.